The van der Waals surface area contributed by atoms with Crippen LogP contribution in [0.25, 0.3) is 22.3 Å². The molecule has 1 heterocycles. The molecule has 160 valence electrons. The average Bonchev–Trinajstić information content (AvgIpc) is 2.74. The van der Waals surface area contributed by atoms with Gasteiger partial charge in [-0.05, 0) is 23.8 Å². The molecule has 0 aliphatic heterocycles. The van der Waals surface area contributed by atoms with E-state index in [9.17, 15) is 17.3 Å². The highest BCUT2D eigenvalue weighted by Crippen LogP contribution is 2.23. The SMILES string of the molecule is Brc1ccc2oc(-c3ccccc3)cc(=[NH+]CCc3ccccc3)c2c1.F[B-](F)(F)F. The van der Waals surface area contributed by atoms with Crippen molar-refractivity contribution in [1.29, 1.82) is 0 Å². The zero-order valence-electron chi connectivity index (χ0n) is 16.4. The van der Waals surface area contributed by atoms with E-state index in [1.165, 1.54) is 5.56 Å². The fourth-order valence-corrected chi connectivity index (χ4v) is 3.40. The van der Waals surface area contributed by atoms with Crippen LogP contribution in [0.5, 0.6) is 0 Å². The first-order chi connectivity index (χ1) is 14.8. The first kappa shape index (κ1) is 22.8. The summed E-state index contributed by atoms with van der Waals surface area (Å²) in [7, 11) is -6.00. The highest BCUT2D eigenvalue weighted by atomic mass is 79.9. The van der Waals surface area contributed by atoms with Crippen molar-refractivity contribution in [1.82, 2.24) is 0 Å². The highest BCUT2D eigenvalue weighted by Gasteiger charge is 2.20. The fraction of sp³-hybridized carbons (Fsp3) is 0.0870. The molecule has 0 spiro atoms. The van der Waals surface area contributed by atoms with Crippen LogP contribution in [0.4, 0.5) is 17.3 Å². The molecule has 0 aliphatic carbocycles. The molecule has 31 heavy (non-hydrogen) atoms. The maximum absolute atomic E-state index is 9.75. The minimum Gasteiger partial charge on any atom is -0.456 e. The Hall–Kier alpha value is -2.87. The van der Waals surface area contributed by atoms with Crippen LogP contribution < -0.4 is 10.3 Å². The summed E-state index contributed by atoms with van der Waals surface area (Å²) in [5.41, 5.74) is 3.27. The van der Waals surface area contributed by atoms with Gasteiger partial charge in [0.1, 0.15) is 17.9 Å². The third-order valence-corrected chi connectivity index (χ3v) is 4.85. The monoisotopic (exact) mass is 491 g/mol. The van der Waals surface area contributed by atoms with Crippen molar-refractivity contribution >= 4 is 34.2 Å². The Morgan fingerprint density at radius 2 is 1.42 bits per heavy atom. The van der Waals surface area contributed by atoms with Gasteiger partial charge in [0.25, 0.3) is 0 Å². The molecular weight excluding hydrogens is 473 g/mol. The molecule has 3 aromatic carbocycles. The molecule has 0 radical (unpaired) electrons. The Morgan fingerprint density at radius 3 is 2.06 bits per heavy atom. The van der Waals surface area contributed by atoms with Crippen LogP contribution in [0, 0.1) is 0 Å². The van der Waals surface area contributed by atoms with Gasteiger partial charge in [0.05, 0.1) is 11.5 Å². The fourth-order valence-electron chi connectivity index (χ4n) is 3.04. The number of fused-ring (bicyclic) bond motifs is 1. The lowest BCUT2D eigenvalue weighted by molar-refractivity contribution is -0.498. The van der Waals surface area contributed by atoms with Crippen molar-refractivity contribution in [2.24, 2.45) is 0 Å². The Balaban J connectivity index is 0.000000491. The second-order valence-corrected chi connectivity index (χ2v) is 7.60. The topological polar surface area (TPSA) is 27.1 Å². The molecule has 0 bridgehead atoms. The van der Waals surface area contributed by atoms with Gasteiger partial charge in [-0.2, -0.15) is 0 Å². The summed E-state index contributed by atoms with van der Waals surface area (Å²) >= 11 is 3.57. The average molecular weight is 492 g/mol. The number of rotatable bonds is 4. The Morgan fingerprint density at radius 1 is 0.806 bits per heavy atom. The maximum Gasteiger partial charge on any atom is 0.673 e. The smallest absolute Gasteiger partial charge is 0.456 e. The lowest BCUT2D eigenvalue weighted by Crippen LogP contribution is -2.77. The zero-order valence-corrected chi connectivity index (χ0v) is 18.0. The molecule has 0 aliphatic rings. The van der Waals surface area contributed by atoms with Crippen LogP contribution in [-0.2, 0) is 6.42 Å². The van der Waals surface area contributed by atoms with E-state index in [4.69, 9.17) is 4.42 Å². The van der Waals surface area contributed by atoms with Gasteiger partial charge in [0.2, 0.25) is 5.36 Å². The van der Waals surface area contributed by atoms with Gasteiger partial charge in [-0.25, -0.2) is 4.99 Å². The van der Waals surface area contributed by atoms with E-state index < -0.39 is 7.25 Å². The normalized spacial score (nSPS) is 11.8. The van der Waals surface area contributed by atoms with Crippen molar-refractivity contribution in [3.05, 3.63) is 100 Å². The third kappa shape index (κ3) is 7.40. The first-order valence-electron chi connectivity index (χ1n) is 9.56. The summed E-state index contributed by atoms with van der Waals surface area (Å²) in [6.07, 6.45) is 0.975. The molecule has 0 saturated carbocycles. The van der Waals surface area contributed by atoms with Crippen molar-refractivity contribution in [3.8, 4) is 11.3 Å². The molecule has 4 aromatic rings. The minimum atomic E-state index is -6.00. The van der Waals surface area contributed by atoms with E-state index in [2.05, 4.69) is 69.5 Å². The summed E-state index contributed by atoms with van der Waals surface area (Å²) < 4.78 is 46.2. The number of hydrogen-bond acceptors (Lipinski definition) is 1. The van der Waals surface area contributed by atoms with E-state index in [0.29, 0.717) is 0 Å². The lowest BCUT2D eigenvalue weighted by atomic mass is 10.1. The molecule has 2 nitrogen and oxygen atoms in total. The molecule has 0 atom stereocenters. The van der Waals surface area contributed by atoms with Crippen LogP contribution >= 0.6 is 15.9 Å². The molecule has 1 aromatic heterocycles. The predicted molar refractivity (Wildman–Crippen MR) is 119 cm³/mol. The third-order valence-electron chi connectivity index (χ3n) is 4.36. The molecule has 0 amide bonds. The molecule has 4 rings (SSSR count). The highest BCUT2D eigenvalue weighted by molar-refractivity contribution is 9.10. The van der Waals surface area contributed by atoms with Gasteiger partial charge in [-0.1, -0.05) is 76.6 Å². The van der Waals surface area contributed by atoms with E-state index >= 15 is 0 Å². The van der Waals surface area contributed by atoms with E-state index in [1.54, 1.807) is 0 Å². The van der Waals surface area contributed by atoms with E-state index in [1.807, 2.05) is 36.4 Å². The largest absolute Gasteiger partial charge is 0.673 e. The van der Waals surface area contributed by atoms with Crippen molar-refractivity contribution < 1.29 is 26.7 Å². The van der Waals surface area contributed by atoms with Crippen molar-refractivity contribution in [2.75, 3.05) is 6.54 Å². The van der Waals surface area contributed by atoms with Gasteiger partial charge in [0, 0.05) is 16.5 Å². The second kappa shape index (κ2) is 10.4. The van der Waals surface area contributed by atoms with E-state index in [0.717, 1.165) is 45.1 Å². The predicted octanol–water partition coefficient (Wildman–Crippen LogP) is 5.39. The molecule has 0 fully saturated rings. The van der Waals surface area contributed by atoms with Crippen molar-refractivity contribution in [2.45, 2.75) is 6.42 Å². The van der Waals surface area contributed by atoms with Crippen LogP contribution in [0.2, 0.25) is 0 Å². The van der Waals surface area contributed by atoms with Crippen LogP contribution in [0.3, 0.4) is 0 Å². The maximum atomic E-state index is 9.75. The Kier molecular flexibility index (Phi) is 7.68. The molecule has 0 unspecified atom stereocenters. The van der Waals surface area contributed by atoms with Gasteiger partial charge in [-0.3, -0.25) is 0 Å². The lowest BCUT2D eigenvalue weighted by Gasteiger charge is -2.03. The van der Waals surface area contributed by atoms with Gasteiger partial charge < -0.3 is 21.7 Å². The summed E-state index contributed by atoms with van der Waals surface area (Å²) in [5.74, 6) is 0.864. The van der Waals surface area contributed by atoms with Crippen LogP contribution in [0.1, 0.15) is 5.56 Å². The van der Waals surface area contributed by atoms with Crippen LogP contribution in [-0.4, -0.2) is 13.8 Å². The zero-order chi connectivity index (χ0) is 22.3. The van der Waals surface area contributed by atoms with Crippen molar-refractivity contribution in [3.63, 3.8) is 0 Å². The van der Waals surface area contributed by atoms with Gasteiger partial charge >= 0.3 is 7.25 Å². The second-order valence-electron chi connectivity index (χ2n) is 6.69. The van der Waals surface area contributed by atoms with Gasteiger partial charge in [-0.15, -0.1) is 0 Å². The number of hydrogen-bond donors (Lipinski definition) is 1. The van der Waals surface area contributed by atoms with E-state index in [-0.39, 0.29) is 0 Å². The summed E-state index contributed by atoms with van der Waals surface area (Å²) in [6.45, 7) is 0.865. The van der Waals surface area contributed by atoms with Crippen LogP contribution in [0.15, 0.2) is 93.8 Å². The number of benzene rings is 3. The number of nitrogens with one attached hydrogen (secondary N) is 1. The Labute approximate surface area is 185 Å². The summed E-state index contributed by atoms with van der Waals surface area (Å²) in [6, 6.07) is 28.9. The molecule has 8 heteroatoms. The first-order valence-corrected chi connectivity index (χ1v) is 10.4. The minimum absolute atomic E-state index is 0.864. The molecule has 0 saturated heterocycles. The summed E-state index contributed by atoms with van der Waals surface area (Å²) in [4.78, 5) is 3.59. The summed E-state index contributed by atoms with van der Waals surface area (Å²) in [5, 5.41) is 2.16. The molecular formula is C23H19BBrF4NO. The quantitative estimate of drug-likeness (QED) is 0.301. The van der Waals surface area contributed by atoms with Gasteiger partial charge in [0.15, 0.2) is 0 Å². The Bertz CT molecular complexity index is 1190. The molecule has 1 N–H and O–H groups in total. The number of halogens is 5. The standard InChI is InChI=1S/C23H18BrNO.BF4/c24-19-11-12-22-20(15-19)21(25-14-13-17-7-3-1-4-8-17)16-23(26-22)18-9-5-2-6-10-18;2-1(3,4)5/h1-12,15-16H,13-14H2;/q;-1/p+1.